The largest absolute Gasteiger partial charge is 0.472 e. The average molecular weight is 1510 g/mol. The van der Waals surface area contributed by atoms with E-state index in [4.69, 9.17) is 37.0 Å². The molecule has 0 aromatic heterocycles. The molecule has 0 amide bonds. The molecule has 0 saturated carbocycles. The van der Waals surface area contributed by atoms with Crippen LogP contribution >= 0.6 is 15.6 Å². The first-order valence-electron chi connectivity index (χ1n) is 43.3. The van der Waals surface area contributed by atoms with E-state index in [1.165, 1.54) is 231 Å². The lowest BCUT2D eigenvalue weighted by atomic mass is 9.99. The first-order valence-corrected chi connectivity index (χ1v) is 46.3. The van der Waals surface area contributed by atoms with Crippen LogP contribution in [-0.2, 0) is 65.4 Å². The van der Waals surface area contributed by atoms with Crippen LogP contribution in [0, 0.1) is 23.7 Å². The van der Waals surface area contributed by atoms with Gasteiger partial charge in [0.15, 0.2) is 12.2 Å². The number of hydrogen-bond acceptors (Lipinski definition) is 15. The molecule has 0 spiro atoms. The second kappa shape index (κ2) is 72.9. The third-order valence-electron chi connectivity index (χ3n) is 20.3. The van der Waals surface area contributed by atoms with Crippen LogP contribution in [0.2, 0.25) is 0 Å². The number of rotatable bonds is 81. The van der Waals surface area contributed by atoms with Crippen molar-refractivity contribution in [2.75, 3.05) is 39.6 Å². The van der Waals surface area contributed by atoms with Crippen LogP contribution in [0.1, 0.15) is 434 Å². The minimum absolute atomic E-state index is 0.107. The van der Waals surface area contributed by atoms with Crippen LogP contribution in [0.4, 0.5) is 0 Å². The number of phosphoric ester groups is 2. The standard InChI is InChI=1S/C84H164O17P2/c1-9-76(7)62-54-46-38-30-23-19-15-13-11-12-14-16-21-25-33-41-50-58-66-83(88)100-79(70-94-81(86)64-56-48-40-32-28-27-29-36-44-52-60-74(3)4)72-98-102(90,91)96-68-78(85)69-97-103(92,93)99-73-80(71-95-82(87)65-57-49-43-35-37-45-53-61-75(5)6)101-84(89)67-59-51-42-34-26-22-18-17-20-24-31-39-47-55-63-77(8)10-2/h74-80,85H,9-73H2,1-8H3,(H,90,91)(H,92,93)/t76?,77?,78?,79-,80-/m1/s1. The SMILES string of the molecule is CCC(C)CCCCCCCCCCCCCCCCCCCCC(=O)O[C@H](COC(=O)CCCCCCCCCCCCC(C)C)COP(=O)(O)OCC(O)COP(=O)(O)OC[C@@H](COC(=O)CCCCCCCCCC(C)C)OC(=O)CCCCCCCCCCCCCCCCC(C)CC. The van der Waals surface area contributed by atoms with E-state index in [2.05, 4.69) is 55.4 Å². The Hall–Kier alpha value is -1.94. The van der Waals surface area contributed by atoms with E-state index in [1.54, 1.807) is 0 Å². The van der Waals surface area contributed by atoms with E-state index < -0.39 is 97.5 Å². The highest BCUT2D eigenvalue weighted by Crippen LogP contribution is 2.45. The van der Waals surface area contributed by atoms with Crippen LogP contribution in [0.5, 0.6) is 0 Å². The summed E-state index contributed by atoms with van der Waals surface area (Å²) in [5, 5.41) is 10.7. The molecule has 19 heteroatoms. The molecule has 0 aromatic rings. The van der Waals surface area contributed by atoms with Gasteiger partial charge < -0.3 is 33.8 Å². The van der Waals surface area contributed by atoms with Crippen LogP contribution in [-0.4, -0.2) is 96.7 Å². The number of aliphatic hydroxyl groups excluding tert-OH is 1. The lowest BCUT2D eigenvalue weighted by molar-refractivity contribution is -0.161. The van der Waals surface area contributed by atoms with Crippen molar-refractivity contribution in [2.45, 2.75) is 453 Å². The maximum atomic E-state index is 13.1. The third kappa shape index (κ3) is 75.3. The van der Waals surface area contributed by atoms with Gasteiger partial charge in [-0.1, -0.05) is 383 Å². The van der Waals surface area contributed by atoms with Crippen molar-refractivity contribution < 1.29 is 80.2 Å². The minimum Gasteiger partial charge on any atom is -0.462 e. The summed E-state index contributed by atoms with van der Waals surface area (Å²) in [6.07, 6.45) is 61.1. The van der Waals surface area contributed by atoms with Gasteiger partial charge in [-0.2, -0.15) is 0 Å². The van der Waals surface area contributed by atoms with Crippen LogP contribution in [0.15, 0.2) is 0 Å². The molecular formula is C84H164O17P2. The number of aliphatic hydroxyl groups is 1. The zero-order chi connectivity index (χ0) is 76.0. The van der Waals surface area contributed by atoms with Gasteiger partial charge in [-0.25, -0.2) is 9.13 Å². The van der Waals surface area contributed by atoms with Crippen molar-refractivity contribution in [2.24, 2.45) is 23.7 Å². The van der Waals surface area contributed by atoms with E-state index in [0.717, 1.165) is 114 Å². The molecule has 103 heavy (non-hydrogen) atoms. The predicted molar refractivity (Wildman–Crippen MR) is 423 cm³/mol. The Kier molecular flexibility index (Phi) is 71.5. The second-order valence-corrected chi connectivity index (χ2v) is 34.6. The summed E-state index contributed by atoms with van der Waals surface area (Å²) in [5.74, 6) is 1.07. The van der Waals surface area contributed by atoms with Crippen molar-refractivity contribution in [1.82, 2.24) is 0 Å². The highest BCUT2D eigenvalue weighted by atomic mass is 31.2. The molecule has 0 aliphatic carbocycles. The number of esters is 4. The Labute approximate surface area is 632 Å². The Morgan fingerprint density at radius 2 is 0.466 bits per heavy atom. The van der Waals surface area contributed by atoms with Gasteiger partial charge in [-0.3, -0.25) is 37.3 Å². The number of unbranched alkanes of at least 4 members (excludes halogenated alkanes) is 45. The van der Waals surface area contributed by atoms with Crippen molar-refractivity contribution in [1.29, 1.82) is 0 Å². The molecule has 0 rings (SSSR count). The Morgan fingerprint density at radius 1 is 0.272 bits per heavy atom. The number of hydrogen-bond donors (Lipinski definition) is 3. The molecule has 612 valence electrons. The molecule has 0 radical (unpaired) electrons. The topological polar surface area (TPSA) is 237 Å². The summed E-state index contributed by atoms with van der Waals surface area (Å²) >= 11 is 0. The highest BCUT2D eigenvalue weighted by Gasteiger charge is 2.30. The zero-order valence-electron chi connectivity index (χ0n) is 68.0. The van der Waals surface area contributed by atoms with Gasteiger partial charge in [0, 0.05) is 25.7 Å². The van der Waals surface area contributed by atoms with Crippen molar-refractivity contribution in [3.8, 4) is 0 Å². The monoisotopic (exact) mass is 1510 g/mol. The highest BCUT2D eigenvalue weighted by molar-refractivity contribution is 7.47. The molecule has 7 atom stereocenters. The molecule has 0 aromatic carbocycles. The first kappa shape index (κ1) is 101. The lowest BCUT2D eigenvalue weighted by Gasteiger charge is -2.21. The molecule has 0 aliphatic rings. The van der Waals surface area contributed by atoms with Gasteiger partial charge >= 0.3 is 39.5 Å². The number of carbonyl (C=O) groups excluding carboxylic acids is 4. The van der Waals surface area contributed by atoms with Gasteiger partial charge in [0.1, 0.15) is 19.3 Å². The summed E-state index contributed by atoms with van der Waals surface area (Å²) in [4.78, 5) is 73.1. The zero-order valence-corrected chi connectivity index (χ0v) is 69.7. The summed E-state index contributed by atoms with van der Waals surface area (Å²) in [6, 6.07) is 0. The van der Waals surface area contributed by atoms with Gasteiger partial charge in [-0.05, 0) is 49.4 Å². The molecule has 17 nitrogen and oxygen atoms in total. The van der Waals surface area contributed by atoms with E-state index in [9.17, 15) is 43.2 Å². The van der Waals surface area contributed by atoms with Gasteiger partial charge in [-0.15, -0.1) is 0 Å². The van der Waals surface area contributed by atoms with Crippen LogP contribution < -0.4 is 0 Å². The fraction of sp³-hybridized carbons (Fsp3) is 0.952. The number of phosphoric acid groups is 2. The van der Waals surface area contributed by atoms with Crippen molar-refractivity contribution >= 4 is 39.5 Å². The van der Waals surface area contributed by atoms with Gasteiger partial charge in [0.2, 0.25) is 0 Å². The molecule has 0 heterocycles. The van der Waals surface area contributed by atoms with Gasteiger partial charge in [0.25, 0.3) is 0 Å². The molecule has 0 aliphatic heterocycles. The summed E-state index contributed by atoms with van der Waals surface area (Å²) in [6.45, 7) is 14.3. The lowest BCUT2D eigenvalue weighted by Crippen LogP contribution is -2.30. The molecule has 3 N–H and O–H groups in total. The number of ether oxygens (including phenoxy) is 4. The van der Waals surface area contributed by atoms with Crippen molar-refractivity contribution in [3.63, 3.8) is 0 Å². The van der Waals surface area contributed by atoms with E-state index >= 15 is 0 Å². The second-order valence-electron chi connectivity index (χ2n) is 31.7. The van der Waals surface area contributed by atoms with E-state index in [0.29, 0.717) is 31.6 Å². The van der Waals surface area contributed by atoms with Gasteiger partial charge in [0.05, 0.1) is 26.4 Å². The summed E-state index contributed by atoms with van der Waals surface area (Å²) in [5.41, 5.74) is 0. The minimum atomic E-state index is -4.96. The fourth-order valence-electron chi connectivity index (χ4n) is 12.9. The Morgan fingerprint density at radius 3 is 0.689 bits per heavy atom. The molecule has 0 fully saturated rings. The smallest absolute Gasteiger partial charge is 0.462 e. The quantitative estimate of drug-likeness (QED) is 0.0222. The Bertz CT molecular complexity index is 2010. The molecule has 5 unspecified atom stereocenters. The van der Waals surface area contributed by atoms with E-state index in [-0.39, 0.29) is 25.7 Å². The average Bonchev–Trinajstić information content (AvgIpc) is 0.946. The fourth-order valence-corrected chi connectivity index (χ4v) is 14.5. The third-order valence-corrected chi connectivity index (χ3v) is 22.2. The molecular weight excluding hydrogens is 1340 g/mol. The van der Waals surface area contributed by atoms with Crippen molar-refractivity contribution in [3.05, 3.63) is 0 Å². The first-order chi connectivity index (χ1) is 49.7. The Balaban J connectivity index is 5.20. The maximum Gasteiger partial charge on any atom is 0.472 e. The van der Waals surface area contributed by atoms with E-state index in [1.807, 2.05) is 0 Å². The van der Waals surface area contributed by atoms with Crippen LogP contribution in [0.3, 0.4) is 0 Å². The van der Waals surface area contributed by atoms with Crippen LogP contribution in [0.25, 0.3) is 0 Å². The molecule has 0 bridgehead atoms. The number of carbonyl (C=O) groups is 4. The maximum absolute atomic E-state index is 13.1. The summed E-state index contributed by atoms with van der Waals surface area (Å²) < 4.78 is 68.8. The molecule has 0 saturated heterocycles. The predicted octanol–water partition coefficient (Wildman–Crippen LogP) is 25.2. The summed E-state index contributed by atoms with van der Waals surface area (Å²) in [7, 11) is -9.93. The normalized spacial score (nSPS) is 14.5.